The van der Waals surface area contributed by atoms with Gasteiger partial charge >= 0.3 is 0 Å². The molecule has 0 bridgehead atoms. The molecule has 28 rings (SSSR count). The van der Waals surface area contributed by atoms with Crippen molar-refractivity contribution >= 4 is 149 Å². The summed E-state index contributed by atoms with van der Waals surface area (Å²) in [5.74, 6) is 5.93. The van der Waals surface area contributed by atoms with E-state index in [1.54, 1.807) is 0 Å². The van der Waals surface area contributed by atoms with E-state index in [0.717, 1.165) is 94.3 Å². The second kappa shape index (κ2) is 34.2. The van der Waals surface area contributed by atoms with Crippen LogP contribution in [0.3, 0.4) is 0 Å². The van der Waals surface area contributed by atoms with E-state index in [1.165, 1.54) is 121 Å². The molecular formula is C126H80N10S3. The van der Waals surface area contributed by atoms with Crippen LogP contribution in [0, 0.1) is 0 Å². The molecule has 20 aromatic carbocycles. The highest BCUT2D eigenvalue weighted by molar-refractivity contribution is 7.27. The lowest BCUT2D eigenvalue weighted by molar-refractivity contribution is 0.660. The zero-order valence-corrected chi connectivity index (χ0v) is 77.9. The molecule has 0 radical (unpaired) electrons. The number of thiophene rings is 3. The van der Waals surface area contributed by atoms with Gasteiger partial charge in [0, 0.05) is 143 Å². The van der Waals surface area contributed by atoms with Crippen molar-refractivity contribution in [2.24, 2.45) is 0 Å². The molecule has 1 aliphatic carbocycles. The Hall–Kier alpha value is -17.3. The van der Waals surface area contributed by atoms with Gasteiger partial charge in [-0.05, 0) is 133 Å². The molecule has 0 N–H and O–H groups in total. The molecule has 139 heavy (non-hydrogen) atoms. The molecule has 0 atom stereocenters. The highest BCUT2D eigenvalue weighted by atomic mass is 32.1. The van der Waals surface area contributed by atoms with E-state index < -0.39 is 0 Å². The fourth-order valence-electron chi connectivity index (χ4n) is 20.3. The molecule has 0 saturated heterocycles. The summed E-state index contributed by atoms with van der Waals surface area (Å²) in [6, 6.07) is 158. The molecule has 0 unspecified atom stereocenters. The SMILES string of the molecule is CC1(C)c2ccccc2-c2ccc(-c3nc(-c4ccccc4)nc(-c4ccc5c(ccc6c7ccccc7sc56)c4)n3)cc21.c1ccc(-c2ccc(-c3nc(-c4ccc5ccc6c7ccccc7sc6c5c4)nc(-c4cccc5c6ccccc6n(-c6ccccc6)c45)n3)cc2)cc1.c1ccc(-c2cccc(-c3nc(-c4ccccc4)nc(-c4cccc5c4ccc4c6ccccc6sc54)n3)c2)cc1. The van der Waals surface area contributed by atoms with Crippen LogP contribution in [-0.4, -0.2) is 49.4 Å². The number of fused-ring (bicyclic) bond motifs is 21. The predicted molar refractivity (Wildman–Crippen MR) is 582 cm³/mol. The van der Waals surface area contributed by atoms with Gasteiger partial charge in [0.15, 0.2) is 52.4 Å². The van der Waals surface area contributed by atoms with E-state index in [9.17, 15) is 0 Å². The normalized spacial score (nSPS) is 12.2. The molecule has 1 aliphatic rings. The van der Waals surface area contributed by atoms with Crippen molar-refractivity contribution in [1.82, 2.24) is 49.4 Å². The maximum atomic E-state index is 5.32. The van der Waals surface area contributed by atoms with Crippen LogP contribution in [0.15, 0.2) is 449 Å². The molecular weight excluding hydrogens is 1750 g/mol. The van der Waals surface area contributed by atoms with Gasteiger partial charge < -0.3 is 4.57 Å². The van der Waals surface area contributed by atoms with E-state index in [4.69, 9.17) is 44.9 Å². The van der Waals surface area contributed by atoms with E-state index in [2.05, 4.69) is 407 Å². The van der Waals surface area contributed by atoms with Gasteiger partial charge in [-0.3, -0.25) is 0 Å². The first kappa shape index (κ1) is 82.4. The molecule has 7 heterocycles. The lowest BCUT2D eigenvalue weighted by Gasteiger charge is -2.21. The molecule has 0 fully saturated rings. The third kappa shape index (κ3) is 14.7. The second-order valence-corrected chi connectivity index (χ2v) is 38.9. The molecule has 7 aromatic heterocycles. The minimum atomic E-state index is -0.101. The molecule has 10 nitrogen and oxygen atoms in total. The second-order valence-electron chi connectivity index (χ2n) is 35.8. The summed E-state index contributed by atoms with van der Waals surface area (Å²) < 4.78 is 10.1. The predicted octanol–water partition coefficient (Wildman–Crippen LogP) is 33.9. The third-order valence-corrected chi connectivity index (χ3v) is 30.8. The van der Waals surface area contributed by atoms with Crippen molar-refractivity contribution in [2.75, 3.05) is 0 Å². The van der Waals surface area contributed by atoms with Crippen molar-refractivity contribution in [3.8, 4) is 142 Å². The summed E-state index contributed by atoms with van der Waals surface area (Å²) in [6.45, 7) is 4.61. The monoisotopic (exact) mass is 1830 g/mol. The average molecular weight is 1830 g/mol. The average Bonchev–Trinajstić information content (AvgIpc) is 1.61. The molecule has 0 amide bonds. The van der Waals surface area contributed by atoms with Crippen LogP contribution in [-0.2, 0) is 5.41 Å². The number of hydrogen-bond donors (Lipinski definition) is 0. The largest absolute Gasteiger partial charge is 0.309 e. The van der Waals surface area contributed by atoms with Crippen molar-refractivity contribution in [3.05, 3.63) is 460 Å². The highest BCUT2D eigenvalue weighted by Gasteiger charge is 2.36. The van der Waals surface area contributed by atoms with Crippen LogP contribution in [0.2, 0.25) is 0 Å². The number of nitrogens with zero attached hydrogens (tertiary/aromatic N) is 10. The minimum absolute atomic E-state index is 0.101. The number of benzene rings is 20. The highest BCUT2D eigenvalue weighted by Crippen LogP contribution is 2.51. The van der Waals surface area contributed by atoms with Gasteiger partial charge in [-0.15, -0.1) is 34.0 Å². The Bertz CT molecular complexity index is 9550. The van der Waals surface area contributed by atoms with Gasteiger partial charge in [-0.1, -0.05) is 396 Å². The van der Waals surface area contributed by atoms with E-state index in [-0.39, 0.29) is 5.41 Å². The molecule has 13 heteroatoms. The number of para-hydroxylation sites is 3. The van der Waals surface area contributed by atoms with E-state index in [1.807, 2.05) is 94.7 Å². The Morgan fingerprint density at radius 1 is 0.187 bits per heavy atom. The first-order valence-electron chi connectivity index (χ1n) is 46.7. The van der Waals surface area contributed by atoms with Crippen LogP contribution in [0.5, 0.6) is 0 Å². The van der Waals surface area contributed by atoms with Gasteiger partial charge in [0.2, 0.25) is 0 Å². The first-order valence-corrected chi connectivity index (χ1v) is 49.1. The summed E-state index contributed by atoms with van der Waals surface area (Å²) in [5, 5.41) is 17.3. The first-order chi connectivity index (χ1) is 68.6. The number of hydrogen-bond acceptors (Lipinski definition) is 12. The topological polar surface area (TPSA) is 121 Å². The van der Waals surface area contributed by atoms with Crippen LogP contribution in [0.4, 0.5) is 0 Å². The quantitative estimate of drug-likeness (QED) is 0.118. The standard InChI is InChI=1S/C49H30N4S.C40H27N3S.C37H23N3S/c1-3-12-31(13-4-1)32-22-25-34(26-23-32)47-50-48(35-27-24-33-28-29-40-38-17-8-10-21-44(38)54-46(40)42(33)30-35)52-49(51-47)41-19-11-18-39-37-16-7-9-20-43(37)53(45(39)41)36-14-5-2-6-15-36;1-40(2)33-14-8-6-12-29(33)30-20-18-27(23-34(30)40)39-42-37(24-10-4-3-5-11-24)41-38(43-39)26-17-19-28-25(22-26)16-21-32-31-13-7-9-15-35(31)44-36(28)32;1-3-11-24(12-4-1)26-15-9-16-27(23-26)36-38-35(25-13-5-2-6-14-25)39-37(40-36)32-19-10-18-30-28(32)21-22-31-29-17-7-8-20-33(29)41-34(30)31/h1-30H;3-23H,1-2H3;1-23H. The number of rotatable bonds is 12. The summed E-state index contributed by atoms with van der Waals surface area (Å²) in [5.41, 5.74) is 21.8. The smallest absolute Gasteiger partial charge is 0.166 e. The van der Waals surface area contributed by atoms with Gasteiger partial charge in [0.1, 0.15) is 0 Å². The maximum absolute atomic E-state index is 5.32. The molecule has 0 saturated carbocycles. The van der Waals surface area contributed by atoms with Gasteiger partial charge in [0.05, 0.1) is 11.0 Å². The summed E-state index contributed by atoms with van der Waals surface area (Å²) >= 11 is 5.54. The zero-order valence-electron chi connectivity index (χ0n) is 75.4. The van der Waals surface area contributed by atoms with Crippen LogP contribution in [0.25, 0.3) is 256 Å². The fourth-order valence-corrected chi connectivity index (χ4v) is 24.0. The van der Waals surface area contributed by atoms with Gasteiger partial charge in [-0.25, -0.2) is 44.9 Å². The Morgan fingerprint density at radius 2 is 0.525 bits per heavy atom. The summed E-state index contributed by atoms with van der Waals surface area (Å²) in [6.07, 6.45) is 0. The van der Waals surface area contributed by atoms with Crippen LogP contribution in [0.1, 0.15) is 25.0 Å². The Kier molecular flexibility index (Phi) is 20.3. The summed E-state index contributed by atoms with van der Waals surface area (Å²) in [4.78, 5) is 46.0. The van der Waals surface area contributed by atoms with Crippen LogP contribution >= 0.6 is 34.0 Å². The summed E-state index contributed by atoms with van der Waals surface area (Å²) in [7, 11) is 0. The van der Waals surface area contributed by atoms with Gasteiger partial charge in [0.25, 0.3) is 0 Å². The fraction of sp³-hybridized carbons (Fsp3) is 0.0238. The zero-order chi connectivity index (χ0) is 92.2. The van der Waals surface area contributed by atoms with Crippen molar-refractivity contribution < 1.29 is 0 Å². The Balaban J connectivity index is 0.000000109. The molecule has 27 aromatic rings. The van der Waals surface area contributed by atoms with Gasteiger partial charge in [-0.2, -0.15) is 0 Å². The third-order valence-electron chi connectivity index (χ3n) is 27.1. The van der Waals surface area contributed by atoms with Crippen LogP contribution < -0.4 is 0 Å². The van der Waals surface area contributed by atoms with Crippen molar-refractivity contribution in [1.29, 1.82) is 0 Å². The Morgan fingerprint density at radius 3 is 1.13 bits per heavy atom. The molecule has 0 spiro atoms. The lowest BCUT2D eigenvalue weighted by Crippen LogP contribution is -2.15. The van der Waals surface area contributed by atoms with E-state index in [0.29, 0.717) is 52.4 Å². The van der Waals surface area contributed by atoms with E-state index >= 15 is 0 Å². The molecule has 652 valence electrons. The lowest BCUT2D eigenvalue weighted by atomic mass is 9.82. The molecule has 0 aliphatic heterocycles. The van der Waals surface area contributed by atoms with Crippen molar-refractivity contribution in [2.45, 2.75) is 19.3 Å². The minimum Gasteiger partial charge on any atom is -0.309 e. The van der Waals surface area contributed by atoms with Crippen molar-refractivity contribution in [3.63, 3.8) is 0 Å². The maximum Gasteiger partial charge on any atom is 0.166 e. The Labute approximate surface area is 812 Å². The number of aromatic nitrogens is 10.